The summed E-state index contributed by atoms with van der Waals surface area (Å²) in [5, 5.41) is 0. The minimum absolute atomic E-state index is 0.0362. The second kappa shape index (κ2) is 13.4. The second-order valence-corrected chi connectivity index (χ2v) is 6.94. The Kier molecular flexibility index (Phi) is 12.6. The molecule has 2 aliphatic carbocycles. The highest BCUT2D eigenvalue weighted by atomic mass is 19.3. The Morgan fingerprint density at radius 1 is 1.04 bits per heavy atom. The van der Waals surface area contributed by atoms with E-state index >= 15 is 0 Å². The zero-order valence-electron chi connectivity index (χ0n) is 16.5. The molecule has 0 atom stereocenters. The molecule has 0 aromatic carbocycles. The fourth-order valence-electron chi connectivity index (χ4n) is 2.87. The van der Waals surface area contributed by atoms with E-state index in [9.17, 15) is 31.9 Å². The van der Waals surface area contributed by atoms with Gasteiger partial charge in [-0.15, -0.1) is 0 Å². The van der Waals surface area contributed by atoms with Gasteiger partial charge < -0.3 is 9.53 Å². The summed E-state index contributed by atoms with van der Waals surface area (Å²) in [5.74, 6) is -4.95. The predicted molar refractivity (Wildman–Crippen MR) is 97.5 cm³/mol. The van der Waals surface area contributed by atoms with E-state index in [0.29, 0.717) is 45.0 Å². The number of carbonyl (C=O) groups is 3. The normalized spacial score (nSPS) is 20.4. The Balaban J connectivity index is 0.000000411. The molecule has 2 fully saturated rings. The van der Waals surface area contributed by atoms with Gasteiger partial charge in [-0.25, -0.2) is 17.6 Å². The van der Waals surface area contributed by atoms with Gasteiger partial charge in [0.25, 0.3) is 0 Å². The Morgan fingerprint density at radius 2 is 1.54 bits per heavy atom. The van der Waals surface area contributed by atoms with Crippen LogP contribution >= 0.6 is 0 Å². The number of hydrogen-bond acceptors (Lipinski definition) is 4. The molecule has 0 saturated heterocycles. The van der Waals surface area contributed by atoms with Gasteiger partial charge in [-0.1, -0.05) is 5.57 Å². The number of rotatable bonds is 4. The van der Waals surface area contributed by atoms with Gasteiger partial charge in [0.15, 0.2) is 0 Å². The van der Waals surface area contributed by atoms with E-state index in [0.717, 1.165) is 11.9 Å². The van der Waals surface area contributed by atoms with Crippen LogP contribution in [-0.2, 0) is 19.1 Å². The molecule has 0 bridgehead atoms. The van der Waals surface area contributed by atoms with Crippen molar-refractivity contribution >= 4 is 18.5 Å². The number of hydrogen-bond donors (Lipinski definition) is 0. The molecule has 0 amide bonds. The summed E-state index contributed by atoms with van der Waals surface area (Å²) in [7, 11) is 0. The number of aldehydes is 2. The van der Waals surface area contributed by atoms with Crippen LogP contribution in [0.4, 0.5) is 17.6 Å². The number of alkyl halides is 4. The second-order valence-electron chi connectivity index (χ2n) is 6.94. The number of ether oxygens (including phenoxy) is 1. The minimum Gasteiger partial charge on any atom is -0.466 e. The molecule has 4 nitrogen and oxygen atoms in total. The lowest BCUT2D eigenvalue weighted by Crippen LogP contribution is -2.24. The first-order valence-corrected chi connectivity index (χ1v) is 9.51. The smallest absolute Gasteiger partial charge is 0.302 e. The van der Waals surface area contributed by atoms with Gasteiger partial charge in [-0.05, 0) is 44.6 Å². The van der Waals surface area contributed by atoms with Crippen LogP contribution < -0.4 is 0 Å². The standard InChI is InChI=1S/C8H12F2O.C8H10F2O.C4H8O2/c2*9-8(10)4-1-7(2-5-8)3-6-11;1-3-6-4(2)5/h6-7H,1-5H2;3,6H,1-2,4-5H2;3H2,1-2H3. The predicted octanol–water partition coefficient (Wildman–Crippen LogP) is 5.29. The van der Waals surface area contributed by atoms with Crippen LogP contribution in [0.1, 0.15) is 71.6 Å². The van der Waals surface area contributed by atoms with Gasteiger partial charge in [0.2, 0.25) is 11.8 Å². The molecule has 0 aromatic heterocycles. The van der Waals surface area contributed by atoms with E-state index in [1.165, 1.54) is 13.0 Å². The van der Waals surface area contributed by atoms with Crippen molar-refractivity contribution in [1.29, 1.82) is 0 Å². The molecule has 0 radical (unpaired) electrons. The molecule has 28 heavy (non-hydrogen) atoms. The fourth-order valence-corrected chi connectivity index (χ4v) is 2.87. The highest BCUT2D eigenvalue weighted by Crippen LogP contribution is 2.37. The van der Waals surface area contributed by atoms with Gasteiger partial charge in [0.05, 0.1) is 6.61 Å². The molecule has 0 aromatic rings. The molecule has 2 aliphatic rings. The number of allylic oxidation sites excluding steroid dienone is 2. The number of esters is 1. The topological polar surface area (TPSA) is 60.4 Å². The van der Waals surface area contributed by atoms with E-state index < -0.39 is 11.8 Å². The molecule has 0 heterocycles. The van der Waals surface area contributed by atoms with Crippen molar-refractivity contribution in [3.05, 3.63) is 11.6 Å². The Morgan fingerprint density at radius 3 is 1.89 bits per heavy atom. The Bertz CT molecular complexity index is 496. The van der Waals surface area contributed by atoms with Crippen molar-refractivity contribution in [3.63, 3.8) is 0 Å². The first kappa shape index (κ1) is 26.3. The molecule has 162 valence electrons. The fraction of sp³-hybridized carbons (Fsp3) is 0.750. The third-order valence-electron chi connectivity index (χ3n) is 4.54. The summed E-state index contributed by atoms with van der Waals surface area (Å²) >= 11 is 0. The first-order chi connectivity index (χ1) is 13.0. The first-order valence-electron chi connectivity index (χ1n) is 9.51. The van der Waals surface area contributed by atoms with Crippen molar-refractivity contribution in [1.82, 2.24) is 0 Å². The van der Waals surface area contributed by atoms with E-state index in [2.05, 4.69) is 4.74 Å². The van der Waals surface area contributed by atoms with E-state index in [1.54, 1.807) is 6.92 Å². The van der Waals surface area contributed by atoms with Crippen molar-refractivity contribution in [3.8, 4) is 0 Å². The maximum absolute atomic E-state index is 12.5. The highest BCUT2D eigenvalue weighted by molar-refractivity contribution is 5.66. The Labute approximate surface area is 163 Å². The van der Waals surface area contributed by atoms with Crippen LogP contribution in [-0.4, -0.2) is 37.0 Å². The summed E-state index contributed by atoms with van der Waals surface area (Å²) in [6.07, 6.45) is 4.81. The van der Waals surface area contributed by atoms with E-state index in [-0.39, 0.29) is 37.6 Å². The molecular weight excluding hydrogens is 380 g/mol. The van der Waals surface area contributed by atoms with Gasteiger partial charge in [0, 0.05) is 39.0 Å². The van der Waals surface area contributed by atoms with E-state index in [4.69, 9.17) is 0 Å². The van der Waals surface area contributed by atoms with Gasteiger partial charge >= 0.3 is 5.97 Å². The van der Waals surface area contributed by atoms with Crippen molar-refractivity contribution < 1.29 is 36.7 Å². The third-order valence-corrected chi connectivity index (χ3v) is 4.54. The summed E-state index contributed by atoms with van der Waals surface area (Å²) in [6.45, 7) is 3.65. The molecule has 8 heteroatoms. The maximum atomic E-state index is 12.5. The lowest BCUT2D eigenvalue weighted by molar-refractivity contribution is -0.140. The van der Waals surface area contributed by atoms with E-state index in [1.807, 2.05) is 0 Å². The van der Waals surface area contributed by atoms with Gasteiger partial charge in [0.1, 0.15) is 12.6 Å². The number of halogens is 4. The lowest BCUT2D eigenvalue weighted by atomic mass is 9.85. The van der Waals surface area contributed by atoms with Crippen LogP contribution in [0.5, 0.6) is 0 Å². The zero-order chi connectivity index (χ0) is 21.6. The van der Waals surface area contributed by atoms with Gasteiger partial charge in [-0.3, -0.25) is 9.59 Å². The minimum atomic E-state index is -2.50. The Hall–Kier alpha value is -1.73. The molecule has 0 spiro atoms. The van der Waals surface area contributed by atoms with Crippen LogP contribution in [0.3, 0.4) is 0 Å². The quantitative estimate of drug-likeness (QED) is 0.273. The van der Waals surface area contributed by atoms with Crippen molar-refractivity contribution in [2.45, 2.75) is 83.5 Å². The maximum Gasteiger partial charge on any atom is 0.302 e. The molecule has 0 unspecified atom stereocenters. The SMILES string of the molecule is CCOC(C)=O.O=CC=C1CCC(F)(F)CC1.O=CCC1CCC(F)(F)CC1. The van der Waals surface area contributed by atoms with Crippen molar-refractivity contribution in [2.24, 2.45) is 5.92 Å². The average molecular weight is 410 g/mol. The zero-order valence-corrected chi connectivity index (χ0v) is 16.5. The summed E-state index contributed by atoms with van der Waals surface area (Å²) in [4.78, 5) is 29.8. The largest absolute Gasteiger partial charge is 0.466 e. The average Bonchev–Trinajstić information content (AvgIpc) is 2.60. The summed E-state index contributed by atoms with van der Waals surface area (Å²) in [5.41, 5.74) is 0.853. The molecular formula is C20H30F4O4. The molecule has 2 rings (SSSR count). The monoisotopic (exact) mass is 410 g/mol. The highest BCUT2D eigenvalue weighted by Gasteiger charge is 2.34. The summed E-state index contributed by atoms with van der Waals surface area (Å²) in [6, 6.07) is 0. The lowest BCUT2D eigenvalue weighted by Gasteiger charge is -2.26. The van der Waals surface area contributed by atoms with Crippen LogP contribution in [0, 0.1) is 5.92 Å². The molecule has 0 aliphatic heterocycles. The molecule has 0 N–H and O–H groups in total. The summed E-state index contributed by atoms with van der Waals surface area (Å²) < 4.78 is 54.5. The molecule has 2 saturated carbocycles. The van der Waals surface area contributed by atoms with Crippen LogP contribution in [0.2, 0.25) is 0 Å². The van der Waals surface area contributed by atoms with Crippen LogP contribution in [0.25, 0.3) is 0 Å². The van der Waals surface area contributed by atoms with Crippen LogP contribution in [0.15, 0.2) is 11.6 Å². The number of carbonyl (C=O) groups excluding carboxylic acids is 3. The third kappa shape index (κ3) is 13.4. The van der Waals surface area contributed by atoms with Crippen molar-refractivity contribution in [2.75, 3.05) is 6.61 Å². The van der Waals surface area contributed by atoms with Gasteiger partial charge in [-0.2, -0.15) is 0 Å².